The molecule has 0 aliphatic rings. The second-order valence-electron chi connectivity index (χ2n) is 5.51. The summed E-state index contributed by atoms with van der Waals surface area (Å²) in [4.78, 5) is 11.2. The van der Waals surface area contributed by atoms with E-state index in [0.29, 0.717) is 11.7 Å². The van der Waals surface area contributed by atoms with Crippen molar-refractivity contribution in [2.45, 2.75) is 32.1 Å². The number of aliphatic carboxylic acids is 1. The molecule has 0 heterocycles. The zero-order valence-corrected chi connectivity index (χ0v) is 13.5. The van der Waals surface area contributed by atoms with Crippen molar-refractivity contribution in [3.63, 3.8) is 0 Å². The van der Waals surface area contributed by atoms with Gasteiger partial charge < -0.3 is 5.11 Å². The minimum Gasteiger partial charge on any atom is -0.480 e. The molecule has 0 unspecified atom stereocenters. The van der Waals surface area contributed by atoms with Gasteiger partial charge in [-0.25, -0.2) is 4.39 Å². The number of rotatable bonds is 8. The van der Waals surface area contributed by atoms with Crippen molar-refractivity contribution in [1.29, 1.82) is 0 Å². The van der Waals surface area contributed by atoms with Gasteiger partial charge in [0.2, 0.25) is 0 Å². The van der Waals surface area contributed by atoms with Crippen LogP contribution in [0.15, 0.2) is 24.3 Å². The molecule has 0 aliphatic carbocycles. The summed E-state index contributed by atoms with van der Waals surface area (Å²) >= 11 is 1.28. The highest BCUT2D eigenvalue weighted by molar-refractivity contribution is 7.99. The highest BCUT2D eigenvalue weighted by Crippen LogP contribution is 2.33. The average Bonchev–Trinajstić information content (AvgIpc) is 2.42. The van der Waals surface area contributed by atoms with E-state index in [2.05, 4.69) is 5.32 Å². The van der Waals surface area contributed by atoms with Crippen molar-refractivity contribution in [2.24, 2.45) is 5.92 Å². The number of nitrogens with one attached hydrogen (secondary N) is 1. The summed E-state index contributed by atoms with van der Waals surface area (Å²) in [5.74, 6) is -1.03. The molecule has 2 atom stereocenters. The number of carboxylic acid groups (broad SMARTS) is 1. The van der Waals surface area contributed by atoms with Crippen LogP contribution in [-0.4, -0.2) is 34.8 Å². The molecule has 1 rings (SSSR count). The van der Waals surface area contributed by atoms with Crippen molar-refractivity contribution < 1.29 is 27.5 Å². The molecule has 0 saturated heterocycles. The summed E-state index contributed by atoms with van der Waals surface area (Å²) in [6.45, 7) is 3.88. The molecular weight excluding hydrogens is 334 g/mol. The van der Waals surface area contributed by atoms with E-state index in [4.69, 9.17) is 5.11 Å². The summed E-state index contributed by atoms with van der Waals surface area (Å²) in [5.41, 5.74) is -0.223. The fourth-order valence-corrected chi connectivity index (χ4v) is 2.93. The Morgan fingerprint density at radius 2 is 1.78 bits per heavy atom. The number of alkyl halides is 3. The van der Waals surface area contributed by atoms with E-state index in [1.54, 1.807) is 0 Å². The van der Waals surface area contributed by atoms with Crippen LogP contribution < -0.4 is 5.32 Å². The van der Waals surface area contributed by atoms with Crippen LogP contribution in [-0.2, 0) is 4.79 Å². The highest BCUT2D eigenvalue weighted by atomic mass is 32.2. The van der Waals surface area contributed by atoms with Gasteiger partial charge in [0.05, 0.1) is 0 Å². The van der Waals surface area contributed by atoms with Gasteiger partial charge in [0.15, 0.2) is 0 Å². The molecule has 0 aromatic heterocycles. The lowest BCUT2D eigenvalue weighted by molar-refractivity contribution is -0.162. The van der Waals surface area contributed by atoms with Crippen LogP contribution in [0.4, 0.5) is 17.6 Å². The SMILES string of the molecule is CC(C)CSC[C@H](N[C@@H](c1ccc(F)cc1)C(F)(F)F)C(=O)O. The number of benzene rings is 1. The van der Waals surface area contributed by atoms with Crippen molar-refractivity contribution in [1.82, 2.24) is 5.32 Å². The average molecular weight is 353 g/mol. The molecule has 1 aromatic carbocycles. The zero-order chi connectivity index (χ0) is 17.6. The molecule has 0 fully saturated rings. The molecule has 0 radical (unpaired) electrons. The third-order valence-electron chi connectivity index (χ3n) is 2.93. The van der Waals surface area contributed by atoms with Crippen LogP contribution in [0.25, 0.3) is 0 Å². The maximum Gasteiger partial charge on any atom is 0.407 e. The first-order valence-corrected chi connectivity index (χ1v) is 8.15. The molecule has 1 aromatic rings. The van der Waals surface area contributed by atoms with Crippen molar-refractivity contribution in [3.8, 4) is 0 Å². The Morgan fingerprint density at radius 1 is 1.22 bits per heavy atom. The molecule has 0 aliphatic heterocycles. The van der Waals surface area contributed by atoms with Gasteiger partial charge in [-0.15, -0.1) is 0 Å². The monoisotopic (exact) mass is 353 g/mol. The molecular formula is C15H19F4NO2S. The maximum absolute atomic E-state index is 13.2. The Hall–Kier alpha value is -1.28. The predicted octanol–water partition coefficient (Wildman–Crippen LogP) is 3.86. The first-order valence-electron chi connectivity index (χ1n) is 7.00. The predicted molar refractivity (Wildman–Crippen MR) is 81.9 cm³/mol. The second-order valence-corrected chi connectivity index (χ2v) is 6.59. The number of halogens is 4. The first kappa shape index (κ1) is 19.8. The second kappa shape index (κ2) is 8.54. The number of carbonyl (C=O) groups is 1. The van der Waals surface area contributed by atoms with Gasteiger partial charge in [-0.2, -0.15) is 24.9 Å². The Bertz CT molecular complexity index is 505. The quantitative estimate of drug-likeness (QED) is 0.697. The Labute approximate surface area is 136 Å². The molecule has 0 saturated carbocycles. The lowest BCUT2D eigenvalue weighted by atomic mass is 10.1. The van der Waals surface area contributed by atoms with Gasteiger partial charge in [-0.05, 0) is 29.4 Å². The molecule has 0 spiro atoms. The molecule has 23 heavy (non-hydrogen) atoms. The first-order chi connectivity index (χ1) is 10.6. The number of hydrogen-bond acceptors (Lipinski definition) is 3. The normalized spacial score (nSPS) is 14.7. The molecule has 130 valence electrons. The van der Waals surface area contributed by atoms with E-state index < -0.39 is 30.0 Å². The summed E-state index contributed by atoms with van der Waals surface area (Å²) < 4.78 is 52.6. The van der Waals surface area contributed by atoms with Crippen LogP contribution >= 0.6 is 11.8 Å². The fraction of sp³-hybridized carbons (Fsp3) is 0.533. The molecule has 3 nitrogen and oxygen atoms in total. The lowest BCUT2D eigenvalue weighted by Gasteiger charge is -2.26. The van der Waals surface area contributed by atoms with E-state index in [1.807, 2.05) is 13.8 Å². The third kappa shape index (κ3) is 6.78. The van der Waals surface area contributed by atoms with E-state index >= 15 is 0 Å². The zero-order valence-electron chi connectivity index (χ0n) is 12.7. The summed E-state index contributed by atoms with van der Waals surface area (Å²) in [6.07, 6.45) is -4.69. The largest absolute Gasteiger partial charge is 0.480 e. The molecule has 0 bridgehead atoms. The summed E-state index contributed by atoms with van der Waals surface area (Å²) in [6, 6.07) is 0.318. The van der Waals surface area contributed by atoms with Gasteiger partial charge >= 0.3 is 12.1 Å². The third-order valence-corrected chi connectivity index (χ3v) is 4.40. The van der Waals surface area contributed by atoms with Gasteiger partial charge in [-0.1, -0.05) is 26.0 Å². The highest BCUT2D eigenvalue weighted by Gasteiger charge is 2.42. The summed E-state index contributed by atoms with van der Waals surface area (Å²) in [5, 5.41) is 11.3. The van der Waals surface area contributed by atoms with Crippen molar-refractivity contribution >= 4 is 17.7 Å². The van der Waals surface area contributed by atoms with Crippen molar-refractivity contribution in [3.05, 3.63) is 35.6 Å². The van der Waals surface area contributed by atoms with E-state index in [-0.39, 0.29) is 11.3 Å². The van der Waals surface area contributed by atoms with Gasteiger partial charge in [-0.3, -0.25) is 10.1 Å². The van der Waals surface area contributed by atoms with E-state index in [0.717, 1.165) is 24.3 Å². The van der Waals surface area contributed by atoms with Gasteiger partial charge in [0.1, 0.15) is 17.9 Å². The Balaban J connectivity index is 2.89. The standard InChI is InChI=1S/C15H19F4NO2S/c1-9(2)7-23-8-12(14(21)22)20-13(15(17,18)19)10-3-5-11(16)6-4-10/h3-6,9,12-13,20H,7-8H2,1-2H3,(H,21,22)/t12-,13-/m0/s1. The van der Waals surface area contributed by atoms with Crippen LogP contribution in [0.5, 0.6) is 0 Å². The van der Waals surface area contributed by atoms with Crippen LogP contribution in [0.3, 0.4) is 0 Å². The lowest BCUT2D eigenvalue weighted by Crippen LogP contribution is -2.46. The van der Waals surface area contributed by atoms with E-state index in [9.17, 15) is 22.4 Å². The van der Waals surface area contributed by atoms with Crippen LogP contribution in [0.1, 0.15) is 25.5 Å². The topological polar surface area (TPSA) is 49.3 Å². The van der Waals surface area contributed by atoms with Crippen LogP contribution in [0, 0.1) is 11.7 Å². The maximum atomic E-state index is 13.2. The van der Waals surface area contributed by atoms with Crippen molar-refractivity contribution in [2.75, 3.05) is 11.5 Å². The molecule has 8 heteroatoms. The molecule has 2 N–H and O–H groups in total. The van der Waals surface area contributed by atoms with Gasteiger partial charge in [0.25, 0.3) is 0 Å². The fourth-order valence-electron chi connectivity index (χ4n) is 1.85. The molecule has 0 amide bonds. The number of hydrogen-bond donors (Lipinski definition) is 2. The number of carboxylic acids is 1. The van der Waals surface area contributed by atoms with E-state index in [1.165, 1.54) is 11.8 Å². The Morgan fingerprint density at radius 3 is 2.22 bits per heavy atom. The smallest absolute Gasteiger partial charge is 0.407 e. The number of thioether (sulfide) groups is 1. The summed E-state index contributed by atoms with van der Waals surface area (Å²) in [7, 11) is 0. The van der Waals surface area contributed by atoms with Crippen LogP contribution in [0.2, 0.25) is 0 Å². The van der Waals surface area contributed by atoms with Gasteiger partial charge in [0, 0.05) is 5.75 Å². The minimum atomic E-state index is -4.69. The Kier molecular flexibility index (Phi) is 7.34. The minimum absolute atomic E-state index is 0.0152.